The molecule has 1 aromatic carbocycles. The zero-order valence-corrected chi connectivity index (χ0v) is 16.2. The van der Waals surface area contributed by atoms with Crippen LogP contribution in [0.25, 0.3) is 0 Å². The summed E-state index contributed by atoms with van der Waals surface area (Å²) in [4.78, 5) is 12.2. The molecule has 4 nitrogen and oxygen atoms in total. The molecular formula is C15H15ClFN3OS3. The quantitative estimate of drug-likeness (QED) is 0.513. The van der Waals surface area contributed by atoms with Gasteiger partial charge in [0.05, 0.1) is 16.0 Å². The zero-order valence-electron chi connectivity index (χ0n) is 13.0. The minimum atomic E-state index is -0.450. The molecule has 0 aliphatic rings. The Kier molecular flexibility index (Phi) is 7.09. The fraction of sp³-hybridized carbons (Fsp3) is 0.267. The molecule has 0 aliphatic carbocycles. The van der Waals surface area contributed by atoms with E-state index in [1.165, 1.54) is 35.2 Å². The van der Waals surface area contributed by atoms with Crippen molar-refractivity contribution in [2.45, 2.75) is 27.8 Å². The van der Waals surface area contributed by atoms with E-state index in [2.05, 4.69) is 22.1 Å². The summed E-state index contributed by atoms with van der Waals surface area (Å²) in [5.74, 6) is 0.104. The number of carbonyl (C=O) groups excluding carboxylic acids is 1. The third-order valence-electron chi connectivity index (χ3n) is 2.67. The second-order valence-corrected chi connectivity index (χ2v) is 9.15. The van der Waals surface area contributed by atoms with Crippen LogP contribution < -0.4 is 5.32 Å². The summed E-state index contributed by atoms with van der Waals surface area (Å²) in [7, 11) is 0. The van der Waals surface area contributed by atoms with Crippen LogP contribution >= 0.6 is 46.5 Å². The molecular weight excluding hydrogens is 389 g/mol. The summed E-state index contributed by atoms with van der Waals surface area (Å²) in [5.41, 5.74) is 1.44. The molecule has 0 bridgehead atoms. The molecule has 0 unspecified atom stereocenters. The minimum absolute atomic E-state index is 0.162. The van der Waals surface area contributed by atoms with Gasteiger partial charge in [0.15, 0.2) is 8.68 Å². The lowest BCUT2D eigenvalue weighted by Gasteiger charge is -2.11. The van der Waals surface area contributed by atoms with Crippen molar-refractivity contribution < 1.29 is 9.18 Å². The number of nitrogens with zero attached hydrogens (tertiary/aromatic N) is 2. The van der Waals surface area contributed by atoms with Gasteiger partial charge in [-0.25, -0.2) is 4.39 Å². The second kappa shape index (κ2) is 8.84. The molecule has 2 aromatic rings. The highest BCUT2D eigenvalue weighted by molar-refractivity contribution is 8.04. The molecule has 2 rings (SSSR count). The lowest BCUT2D eigenvalue weighted by atomic mass is 10.3. The highest BCUT2D eigenvalue weighted by Crippen LogP contribution is 2.32. The first-order valence-corrected chi connectivity index (χ1v) is 9.94. The van der Waals surface area contributed by atoms with Crippen LogP contribution in [0.4, 0.5) is 10.1 Å². The predicted octanol–water partition coefficient (Wildman–Crippen LogP) is 5.12. The van der Waals surface area contributed by atoms with E-state index < -0.39 is 11.1 Å². The minimum Gasteiger partial charge on any atom is -0.324 e. The standard InChI is InChI=1S/C15H15ClFN3OS3/c1-8(2)7-22-14-19-20-15(24-14)23-9(3)13(21)18-12-5-4-10(17)6-11(12)16/h4-6,9H,1,7H2,2-3H3,(H,18,21)/t9-/m0/s1. The Balaban J connectivity index is 1.92. The first kappa shape index (κ1) is 19.2. The van der Waals surface area contributed by atoms with Crippen molar-refractivity contribution in [1.29, 1.82) is 0 Å². The van der Waals surface area contributed by atoms with Crippen LogP contribution in [0, 0.1) is 5.82 Å². The van der Waals surface area contributed by atoms with Crippen LogP contribution in [0.15, 0.2) is 39.0 Å². The van der Waals surface area contributed by atoms with Gasteiger partial charge in [-0.3, -0.25) is 4.79 Å². The summed E-state index contributed by atoms with van der Waals surface area (Å²) < 4.78 is 14.6. The molecule has 1 atom stereocenters. The largest absolute Gasteiger partial charge is 0.324 e. The van der Waals surface area contributed by atoms with E-state index >= 15 is 0 Å². The molecule has 0 saturated carbocycles. The number of aromatic nitrogens is 2. The lowest BCUT2D eigenvalue weighted by Crippen LogP contribution is -2.22. The van der Waals surface area contributed by atoms with Crippen LogP contribution in [-0.2, 0) is 4.79 Å². The maximum atomic E-state index is 13.0. The number of hydrogen-bond donors (Lipinski definition) is 1. The summed E-state index contributed by atoms with van der Waals surface area (Å²) in [6.07, 6.45) is 0. The number of nitrogens with one attached hydrogen (secondary N) is 1. The summed E-state index contributed by atoms with van der Waals surface area (Å²) in [5, 5.41) is 10.6. The zero-order chi connectivity index (χ0) is 17.7. The van der Waals surface area contributed by atoms with Gasteiger partial charge in [0.1, 0.15) is 5.82 Å². The van der Waals surface area contributed by atoms with Gasteiger partial charge >= 0.3 is 0 Å². The van der Waals surface area contributed by atoms with Crippen molar-refractivity contribution in [3.63, 3.8) is 0 Å². The fourth-order valence-corrected chi connectivity index (χ4v) is 4.74. The Bertz CT molecular complexity index is 753. The van der Waals surface area contributed by atoms with Gasteiger partial charge in [0.25, 0.3) is 0 Å². The SMILES string of the molecule is C=C(C)CSc1nnc(S[C@@H](C)C(=O)Nc2ccc(F)cc2Cl)s1. The van der Waals surface area contributed by atoms with E-state index in [1.54, 1.807) is 18.7 Å². The van der Waals surface area contributed by atoms with Crippen molar-refractivity contribution in [2.24, 2.45) is 0 Å². The molecule has 0 saturated heterocycles. The van der Waals surface area contributed by atoms with Gasteiger partial charge in [-0.15, -0.1) is 10.2 Å². The molecule has 1 amide bonds. The van der Waals surface area contributed by atoms with Crippen LogP contribution in [0.3, 0.4) is 0 Å². The Hall–Kier alpha value is -1.09. The third kappa shape index (κ3) is 5.77. The monoisotopic (exact) mass is 403 g/mol. The average molecular weight is 404 g/mol. The van der Waals surface area contributed by atoms with Crippen molar-refractivity contribution in [2.75, 3.05) is 11.1 Å². The molecule has 0 fully saturated rings. The number of thioether (sulfide) groups is 2. The second-order valence-electron chi connectivity index (χ2n) is 4.95. The highest BCUT2D eigenvalue weighted by atomic mass is 35.5. The maximum absolute atomic E-state index is 13.0. The normalized spacial score (nSPS) is 12.0. The van der Waals surface area contributed by atoms with Crippen LogP contribution in [0.1, 0.15) is 13.8 Å². The molecule has 0 radical (unpaired) electrons. The van der Waals surface area contributed by atoms with Crippen molar-refractivity contribution >= 4 is 58.1 Å². The van der Waals surface area contributed by atoms with E-state index in [-0.39, 0.29) is 10.9 Å². The average Bonchev–Trinajstić information content (AvgIpc) is 2.95. The highest BCUT2D eigenvalue weighted by Gasteiger charge is 2.18. The van der Waals surface area contributed by atoms with Crippen molar-refractivity contribution in [1.82, 2.24) is 10.2 Å². The summed E-state index contributed by atoms with van der Waals surface area (Å²) in [6, 6.07) is 3.84. The maximum Gasteiger partial charge on any atom is 0.237 e. The Morgan fingerprint density at radius 3 is 2.83 bits per heavy atom. The number of rotatable bonds is 7. The molecule has 0 aliphatic heterocycles. The Morgan fingerprint density at radius 1 is 1.46 bits per heavy atom. The summed E-state index contributed by atoms with van der Waals surface area (Å²) >= 11 is 10.2. The van der Waals surface area contributed by atoms with Crippen molar-refractivity contribution in [3.8, 4) is 0 Å². The van der Waals surface area contributed by atoms with Gasteiger partial charge in [-0.05, 0) is 32.0 Å². The molecule has 1 heterocycles. The van der Waals surface area contributed by atoms with Gasteiger partial charge in [-0.1, -0.05) is 58.6 Å². The molecule has 128 valence electrons. The number of benzene rings is 1. The number of carbonyl (C=O) groups is 1. The van der Waals surface area contributed by atoms with E-state index in [9.17, 15) is 9.18 Å². The smallest absolute Gasteiger partial charge is 0.237 e. The first-order chi connectivity index (χ1) is 11.3. The van der Waals surface area contributed by atoms with Gasteiger partial charge in [-0.2, -0.15) is 0 Å². The fourth-order valence-electron chi connectivity index (χ4n) is 1.52. The number of halogens is 2. The lowest BCUT2D eigenvalue weighted by molar-refractivity contribution is -0.115. The molecule has 0 spiro atoms. The predicted molar refractivity (Wildman–Crippen MR) is 101 cm³/mol. The Morgan fingerprint density at radius 2 is 2.17 bits per heavy atom. The molecule has 9 heteroatoms. The van der Waals surface area contributed by atoms with Gasteiger partial charge < -0.3 is 5.32 Å². The first-order valence-electron chi connectivity index (χ1n) is 6.88. The van der Waals surface area contributed by atoms with Crippen LogP contribution in [0.2, 0.25) is 5.02 Å². The molecule has 1 aromatic heterocycles. The number of anilines is 1. The summed E-state index contributed by atoms with van der Waals surface area (Å²) in [6.45, 7) is 7.56. The number of amides is 1. The van der Waals surface area contributed by atoms with Crippen molar-refractivity contribution in [3.05, 3.63) is 41.2 Å². The molecule has 1 N–H and O–H groups in total. The van der Waals surface area contributed by atoms with E-state index in [0.717, 1.165) is 21.7 Å². The van der Waals surface area contributed by atoms with Gasteiger partial charge in [0, 0.05) is 5.75 Å². The van der Waals surface area contributed by atoms with E-state index in [0.29, 0.717) is 10.0 Å². The Labute approximate surface area is 157 Å². The third-order valence-corrected chi connectivity index (χ3v) is 6.45. The van der Waals surface area contributed by atoms with Crippen LogP contribution in [-0.4, -0.2) is 27.1 Å². The van der Waals surface area contributed by atoms with Crippen LogP contribution in [0.5, 0.6) is 0 Å². The molecule has 24 heavy (non-hydrogen) atoms. The number of hydrogen-bond acceptors (Lipinski definition) is 6. The van der Waals surface area contributed by atoms with Gasteiger partial charge in [0.2, 0.25) is 5.91 Å². The topological polar surface area (TPSA) is 54.9 Å². The van der Waals surface area contributed by atoms with E-state index in [1.807, 2.05) is 6.92 Å². The van der Waals surface area contributed by atoms with E-state index in [4.69, 9.17) is 11.6 Å².